The fraction of sp³-hybridized carbons (Fsp3) is 0.636. The zero-order chi connectivity index (χ0) is 13.0. The van der Waals surface area contributed by atoms with Crippen LogP contribution in [0.2, 0.25) is 0 Å². The molecule has 2 amide bonds. The summed E-state index contributed by atoms with van der Waals surface area (Å²) < 4.78 is 0. The lowest BCUT2D eigenvalue weighted by atomic mass is 10.1. The van der Waals surface area contributed by atoms with Crippen molar-refractivity contribution in [3.05, 3.63) is 6.20 Å². The van der Waals surface area contributed by atoms with Crippen LogP contribution >= 0.6 is 0 Å². The molecule has 1 aliphatic heterocycles. The number of hydrogen-bond acceptors (Lipinski definition) is 4. The fourth-order valence-electron chi connectivity index (χ4n) is 1.98. The summed E-state index contributed by atoms with van der Waals surface area (Å²) in [6.07, 6.45) is 4.76. The van der Waals surface area contributed by atoms with E-state index in [1.807, 2.05) is 4.90 Å². The van der Waals surface area contributed by atoms with Gasteiger partial charge in [0.15, 0.2) is 5.82 Å². The van der Waals surface area contributed by atoms with Crippen LogP contribution in [0.25, 0.3) is 0 Å². The van der Waals surface area contributed by atoms with E-state index in [1.165, 1.54) is 24.3 Å². The number of anilines is 1. The van der Waals surface area contributed by atoms with E-state index in [0.717, 1.165) is 25.9 Å². The van der Waals surface area contributed by atoms with Crippen LogP contribution in [0.1, 0.15) is 26.2 Å². The van der Waals surface area contributed by atoms with E-state index in [4.69, 9.17) is 0 Å². The number of piperidine rings is 1. The van der Waals surface area contributed by atoms with Crippen molar-refractivity contribution in [3.63, 3.8) is 0 Å². The molecule has 1 aliphatic rings. The van der Waals surface area contributed by atoms with Crippen LogP contribution in [0.3, 0.4) is 0 Å². The predicted octanol–water partition coefficient (Wildman–Crippen LogP) is 0.249. The topological polar surface area (TPSA) is 80.1 Å². The Hall–Kier alpha value is -1.92. The highest BCUT2D eigenvalue weighted by molar-refractivity contribution is 5.87. The molecule has 18 heavy (non-hydrogen) atoms. The number of carbonyl (C=O) groups is 2. The molecule has 7 nitrogen and oxygen atoms in total. The van der Waals surface area contributed by atoms with Crippen molar-refractivity contribution in [2.45, 2.75) is 32.7 Å². The van der Waals surface area contributed by atoms with E-state index >= 15 is 0 Å². The van der Waals surface area contributed by atoms with Crippen molar-refractivity contribution in [2.24, 2.45) is 0 Å². The van der Waals surface area contributed by atoms with Crippen LogP contribution in [0.5, 0.6) is 0 Å². The first-order chi connectivity index (χ1) is 8.65. The Labute approximate surface area is 105 Å². The Morgan fingerprint density at radius 1 is 1.33 bits per heavy atom. The minimum atomic E-state index is -0.204. The van der Waals surface area contributed by atoms with Gasteiger partial charge in [0.2, 0.25) is 11.8 Å². The SMILES string of the molecule is CC(=O)Nc1cnn(CC(=O)N2CCCCC2)n1. The molecule has 7 heteroatoms. The maximum atomic E-state index is 11.9. The highest BCUT2D eigenvalue weighted by Gasteiger charge is 2.17. The number of amides is 2. The Kier molecular flexibility index (Phi) is 3.91. The Morgan fingerprint density at radius 2 is 2.06 bits per heavy atom. The van der Waals surface area contributed by atoms with Gasteiger partial charge < -0.3 is 10.2 Å². The standard InChI is InChI=1S/C11H17N5O2/c1-9(17)13-10-7-12-16(14-10)8-11(18)15-5-3-2-4-6-15/h7H,2-6,8H2,1H3,(H,13,14,17). The average molecular weight is 251 g/mol. The van der Waals surface area contributed by atoms with E-state index < -0.39 is 0 Å². The van der Waals surface area contributed by atoms with Gasteiger partial charge in [-0.25, -0.2) is 0 Å². The summed E-state index contributed by atoms with van der Waals surface area (Å²) in [6.45, 7) is 3.16. The first kappa shape index (κ1) is 12.5. The minimum absolute atomic E-state index is 0.0275. The summed E-state index contributed by atoms with van der Waals surface area (Å²) in [5.41, 5.74) is 0. The number of likely N-dealkylation sites (tertiary alicyclic amines) is 1. The summed E-state index contributed by atoms with van der Waals surface area (Å²) in [5, 5.41) is 10.5. The first-order valence-electron chi connectivity index (χ1n) is 6.10. The lowest BCUT2D eigenvalue weighted by Crippen LogP contribution is -2.38. The van der Waals surface area contributed by atoms with Crippen LogP contribution in [0.4, 0.5) is 5.82 Å². The third-order valence-corrected chi connectivity index (χ3v) is 2.83. The normalized spacial score (nSPS) is 15.5. The van der Waals surface area contributed by atoms with Crippen molar-refractivity contribution in [1.29, 1.82) is 0 Å². The van der Waals surface area contributed by atoms with Crippen LogP contribution in [-0.4, -0.2) is 44.8 Å². The van der Waals surface area contributed by atoms with Crippen LogP contribution in [-0.2, 0) is 16.1 Å². The minimum Gasteiger partial charge on any atom is -0.341 e. The second-order valence-electron chi connectivity index (χ2n) is 4.38. The number of rotatable bonds is 3. The summed E-state index contributed by atoms with van der Waals surface area (Å²) in [6, 6.07) is 0. The maximum absolute atomic E-state index is 11.9. The van der Waals surface area contributed by atoms with Crippen LogP contribution in [0.15, 0.2) is 6.20 Å². The lowest BCUT2D eigenvalue weighted by Gasteiger charge is -2.26. The second-order valence-corrected chi connectivity index (χ2v) is 4.38. The van der Waals surface area contributed by atoms with Gasteiger partial charge in [0.1, 0.15) is 6.54 Å². The zero-order valence-corrected chi connectivity index (χ0v) is 10.4. The number of nitrogens with one attached hydrogen (secondary N) is 1. The quantitative estimate of drug-likeness (QED) is 0.835. The summed E-state index contributed by atoms with van der Waals surface area (Å²) in [4.78, 5) is 25.9. The Morgan fingerprint density at radius 3 is 2.72 bits per heavy atom. The van der Waals surface area contributed by atoms with E-state index in [9.17, 15) is 9.59 Å². The Balaban J connectivity index is 1.90. The summed E-state index contributed by atoms with van der Waals surface area (Å²) >= 11 is 0. The van der Waals surface area contributed by atoms with E-state index in [1.54, 1.807) is 0 Å². The van der Waals surface area contributed by atoms with Gasteiger partial charge in [0, 0.05) is 20.0 Å². The van der Waals surface area contributed by atoms with Crippen LogP contribution in [0, 0.1) is 0 Å². The second kappa shape index (κ2) is 5.61. The molecule has 1 N–H and O–H groups in total. The molecular weight excluding hydrogens is 234 g/mol. The molecule has 2 heterocycles. The summed E-state index contributed by atoms with van der Waals surface area (Å²) in [7, 11) is 0. The van der Waals surface area contributed by atoms with Crippen molar-refractivity contribution >= 4 is 17.6 Å². The molecule has 0 aliphatic carbocycles. The number of hydrogen-bond donors (Lipinski definition) is 1. The molecule has 1 aromatic rings. The van der Waals surface area contributed by atoms with Gasteiger partial charge in [0.05, 0.1) is 6.20 Å². The molecule has 0 bridgehead atoms. The molecule has 1 aromatic heterocycles. The van der Waals surface area contributed by atoms with Gasteiger partial charge in [-0.2, -0.15) is 9.90 Å². The van der Waals surface area contributed by atoms with Gasteiger partial charge in [-0.1, -0.05) is 0 Å². The van der Waals surface area contributed by atoms with Crippen molar-refractivity contribution in [3.8, 4) is 0 Å². The van der Waals surface area contributed by atoms with Gasteiger partial charge in [-0.3, -0.25) is 9.59 Å². The molecule has 0 spiro atoms. The molecule has 0 unspecified atom stereocenters. The van der Waals surface area contributed by atoms with E-state index in [0.29, 0.717) is 5.82 Å². The number of carbonyl (C=O) groups excluding carboxylic acids is 2. The molecule has 0 radical (unpaired) electrons. The molecular formula is C11H17N5O2. The third-order valence-electron chi connectivity index (χ3n) is 2.83. The average Bonchev–Trinajstić information content (AvgIpc) is 2.76. The first-order valence-corrected chi connectivity index (χ1v) is 6.10. The maximum Gasteiger partial charge on any atom is 0.246 e. The number of nitrogens with zero attached hydrogens (tertiary/aromatic N) is 4. The van der Waals surface area contributed by atoms with E-state index in [2.05, 4.69) is 15.5 Å². The van der Waals surface area contributed by atoms with E-state index in [-0.39, 0.29) is 18.4 Å². The van der Waals surface area contributed by atoms with Crippen LogP contribution < -0.4 is 5.32 Å². The molecule has 1 fully saturated rings. The van der Waals surface area contributed by atoms with Gasteiger partial charge in [0.25, 0.3) is 0 Å². The van der Waals surface area contributed by atoms with Gasteiger partial charge in [-0.05, 0) is 19.3 Å². The molecule has 0 aromatic carbocycles. The molecule has 1 saturated heterocycles. The molecule has 0 saturated carbocycles. The molecule has 2 rings (SSSR count). The lowest BCUT2D eigenvalue weighted by molar-refractivity contribution is -0.133. The van der Waals surface area contributed by atoms with Gasteiger partial charge in [-0.15, -0.1) is 5.10 Å². The monoisotopic (exact) mass is 251 g/mol. The zero-order valence-electron chi connectivity index (χ0n) is 10.4. The molecule has 98 valence electrons. The van der Waals surface area contributed by atoms with Crippen molar-refractivity contribution in [2.75, 3.05) is 18.4 Å². The fourth-order valence-corrected chi connectivity index (χ4v) is 1.98. The smallest absolute Gasteiger partial charge is 0.246 e. The van der Waals surface area contributed by atoms with Crippen molar-refractivity contribution < 1.29 is 9.59 Å². The summed E-state index contributed by atoms with van der Waals surface area (Å²) in [5.74, 6) is 0.193. The highest BCUT2D eigenvalue weighted by atomic mass is 16.2. The largest absolute Gasteiger partial charge is 0.341 e. The van der Waals surface area contributed by atoms with Crippen molar-refractivity contribution in [1.82, 2.24) is 19.9 Å². The van der Waals surface area contributed by atoms with Gasteiger partial charge >= 0.3 is 0 Å². The predicted molar refractivity (Wildman–Crippen MR) is 64.8 cm³/mol. The Bertz CT molecular complexity index is 436. The molecule has 0 atom stereocenters. The third kappa shape index (κ3) is 3.28. The number of aromatic nitrogens is 3. The highest BCUT2D eigenvalue weighted by Crippen LogP contribution is 2.09.